The highest BCUT2D eigenvalue weighted by Crippen LogP contribution is 2.38. The van der Waals surface area contributed by atoms with Gasteiger partial charge in [0.1, 0.15) is 0 Å². The van der Waals surface area contributed by atoms with Crippen molar-refractivity contribution in [2.75, 3.05) is 29.9 Å². The number of hydrogen-bond donors (Lipinski definition) is 3. The lowest BCUT2D eigenvalue weighted by molar-refractivity contribution is 0.0697. The maximum atomic E-state index is 11.5. The molecule has 0 fully saturated rings. The lowest BCUT2D eigenvalue weighted by Crippen LogP contribution is -2.34. The molecule has 38 heavy (non-hydrogen) atoms. The molecule has 0 bridgehead atoms. The van der Waals surface area contributed by atoms with Gasteiger partial charge in [-0.15, -0.1) is 0 Å². The van der Waals surface area contributed by atoms with Gasteiger partial charge < -0.3 is 20.6 Å². The van der Waals surface area contributed by atoms with Crippen molar-refractivity contribution < 1.29 is 9.90 Å². The molecule has 6 heteroatoms. The van der Waals surface area contributed by atoms with E-state index in [1.54, 1.807) is 6.20 Å². The van der Waals surface area contributed by atoms with Crippen molar-refractivity contribution in [1.82, 2.24) is 10.3 Å². The Balaban J connectivity index is 1.23. The Hall–Kier alpha value is -4.16. The number of carbonyl (C=O) groups is 1. The number of pyridine rings is 1. The van der Waals surface area contributed by atoms with Crippen molar-refractivity contribution in [2.45, 2.75) is 32.7 Å². The van der Waals surface area contributed by atoms with Gasteiger partial charge in [0.15, 0.2) is 0 Å². The van der Waals surface area contributed by atoms with Gasteiger partial charge in [-0.1, -0.05) is 36.4 Å². The molecule has 3 aromatic carbocycles. The molecule has 0 spiro atoms. The number of aromatic nitrogens is 1. The van der Waals surface area contributed by atoms with E-state index in [-0.39, 0.29) is 11.6 Å². The normalized spacial score (nSPS) is 16.2. The van der Waals surface area contributed by atoms with Gasteiger partial charge >= 0.3 is 5.97 Å². The van der Waals surface area contributed by atoms with Gasteiger partial charge in [0.2, 0.25) is 0 Å². The van der Waals surface area contributed by atoms with Gasteiger partial charge in [-0.05, 0) is 96.4 Å². The zero-order chi connectivity index (χ0) is 26.2. The molecule has 1 aromatic heterocycles. The maximum Gasteiger partial charge on any atom is 0.337 e. The Labute approximate surface area is 223 Å². The van der Waals surface area contributed by atoms with Crippen LogP contribution in [0.1, 0.15) is 44.2 Å². The molecule has 3 heterocycles. The molecule has 0 saturated heterocycles. The number of nitrogens with zero attached hydrogens (tertiary/aromatic N) is 2. The Morgan fingerprint density at radius 1 is 1.05 bits per heavy atom. The summed E-state index contributed by atoms with van der Waals surface area (Å²) in [6.07, 6.45) is 5.13. The average molecular weight is 505 g/mol. The Kier molecular flexibility index (Phi) is 6.34. The van der Waals surface area contributed by atoms with Crippen LogP contribution in [-0.2, 0) is 12.8 Å². The molecule has 3 N–H and O–H groups in total. The number of rotatable bonds is 6. The second-order valence-electron chi connectivity index (χ2n) is 10.3. The van der Waals surface area contributed by atoms with Crippen LogP contribution in [0.3, 0.4) is 0 Å². The zero-order valence-corrected chi connectivity index (χ0v) is 21.8. The predicted octanol–water partition coefficient (Wildman–Crippen LogP) is 6.06. The number of nitrogens with one attached hydrogen (secondary N) is 2. The lowest BCUT2D eigenvalue weighted by Gasteiger charge is -2.28. The molecular weight excluding hydrogens is 472 g/mol. The van der Waals surface area contributed by atoms with Crippen LogP contribution in [0.25, 0.3) is 11.1 Å². The molecule has 0 amide bonds. The van der Waals surface area contributed by atoms with Crippen LogP contribution in [0, 0.1) is 13.8 Å². The fraction of sp³-hybridized carbons (Fsp3) is 0.250. The van der Waals surface area contributed by atoms with Crippen LogP contribution in [0.15, 0.2) is 73.1 Å². The van der Waals surface area contributed by atoms with Crippen molar-refractivity contribution in [3.05, 3.63) is 106 Å². The molecule has 0 radical (unpaired) electrons. The third-order valence-electron chi connectivity index (χ3n) is 7.82. The predicted molar refractivity (Wildman–Crippen MR) is 153 cm³/mol. The molecule has 2 aliphatic heterocycles. The number of carboxylic acid groups (broad SMARTS) is 1. The first-order valence-corrected chi connectivity index (χ1v) is 13.2. The topological polar surface area (TPSA) is 77.5 Å². The smallest absolute Gasteiger partial charge is 0.337 e. The minimum atomic E-state index is -0.956. The summed E-state index contributed by atoms with van der Waals surface area (Å²) in [6, 6.07) is 22.0. The molecule has 0 aliphatic carbocycles. The number of aromatic carboxylic acids is 1. The van der Waals surface area contributed by atoms with Gasteiger partial charge in [0.05, 0.1) is 17.4 Å². The Morgan fingerprint density at radius 2 is 1.95 bits per heavy atom. The van der Waals surface area contributed by atoms with Crippen molar-refractivity contribution in [1.29, 1.82) is 0 Å². The number of aryl methyl sites for hydroxylation is 2. The zero-order valence-electron chi connectivity index (χ0n) is 21.8. The van der Waals surface area contributed by atoms with Crippen molar-refractivity contribution in [2.24, 2.45) is 0 Å². The first-order chi connectivity index (χ1) is 18.5. The van der Waals surface area contributed by atoms with E-state index < -0.39 is 5.97 Å². The molecule has 2 aliphatic rings. The first kappa shape index (κ1) is 24.2. The van der Waals surface area contributed by atoms with Crippen LogP contribution >= 0.6 is 0 Å². The third-order valence-corrected chi connectivity index (χ3v) is 7.82. The van der Waals surface area contributed by atoms with E-state index in [9.17, 15) is 9.90 Å². The first-order valence-electron chi connectivity index (χ1n) is 13.2. The summed E-state index contributed by atoms with van der Waals surface area (Å²) in [6.45, 7) is 6.85. The molecule has 0 saturated carbocycles. The average Bonchev–Trinajstić information content (AvgIpc) is 3.34. The van der Waals surface area contributed by atoms with Gasteiger partial charge in [-0.25, -0.2) is 4.79 Å². The Morgan fingerprint density at radius 3 is 2.79 bits per heavy atom. The van der Waals surface area contributed by atoms with Crippen LogP contribution in [-0.4, -0.2) is 35.7 Å². The molecule has 6 nitrogen and oxygen atoms in total. The fourth-order valence-corrected chi connectivity index (χ4v) is 5.83. The molecular formula is C32H32N4O2. The number of anilines is 3. The molecule has 0 unspecified atom stereocenters. The number of fused-ring (bicyclic) bond motifs is 2. The molecule has 1 atom stereocenters. The second kappa shape index (κ2) is 9.95. The quantitative estimate of drug-likeness (QED) is 0.296. The molecule has 6 rings (SSSR count). The summed E-state index contributed by atoms with van der Waals surface area (Å²) in [5, 5.41) is 16.3. The van der Waals surface area contributed by atoms with Crippen LogP contribution < -0.4 is 15.5 Å². The minimum Gasteiger partial charge on any atom is -0.478 e. The van der Waals surface area contributed by atoms with Crippen LogP contribution in [0.5, 0.6) is 0 Å². The molecule has 4 aromatic rings. The fourth-order valence-electron chi connectivity index (χ4n) is 5.83. The second-order valence-corrected chi connectivity index (χ2v) is 10.3. The summed E-state index contributed by atoms with van der Waals surface area (Å²) in [5.74, 6) is -0.956. The van der Waals surface area contributed by atoms with Crippen LogP contribution in [0.2, 0.25) is 0 Å². The van der Waals surface area contributed by atoms with E-state index in [4.69, 9.17) is 0 Å². The summed E-state index contributed by atoms with van der Waals surface area (Å²) < 4.78 is 0. The minimum absolute atomic E-state index is 0.0943. The highest BCUT2D eigenvalue weighted by Gasteiger charge is 2.23. The Bertz CT molecular complexity index is 1530. The molecule has 192 valence electrons. The SMILES string of the molecule is Cc1ccc2c(c1)N(c1ccc(-c3ccc4c(c3)CCN[C@@H]4CNc3cnccc3C(=O)O)c(C)c1)CC2. The van der Waals surface area contributed by atoms with Gasteiger partial charge in [-0.2, -0.15) is 0 Å². The van der Waals surface area contributed by atoms with Crippen molar-refractivity contribution in [3.63, 3.8) is 0 Å². The van der Waals surface area contributed by atoms with E-state index >= 15 is 0 Å². The lowest BCUT2D eigenvalue weighted by atomic mass is 9.89. The van der Waals surface area contributed by atoms with E-state index in [1.165, 1.54) is 62.6 Å². The van der Waals surface area contributed by atoms with E-state index in [0.29, 0.717) is 12.2 Å². The highest BCUT2D eigenvalue weighted by atomic mass is 16.4. The largest absolute Gasteiger partial charge is 0.478 e. The standard InChI is InChI=1S/C32H32N4O2/c1-20-3-4-22-11-14-36(31(22)15-20)25-6-8-26(21(2)16-25)23-5-7-27-24(17-23)9-13-34-30(27)19-35-29-18-33-12-10-28(29)32(37)38/h3-8,10,12,15-18,30,34-35H,9,11,13-14,19H2,1-2H3,(H,37,38)/t30-/m1/s1. The monoisotopic (exact) mass is 504 g/mol. The highest BCUT2D eigenvalue weighted by molar-refractivity contribution is 5.93. The number of hydrogen-bond acceptors (Lipinski definition) is 5. The summed E-state index contributed by atoms with van der Waals surface area (Å²) in [7, 11) is 0. The van der Waals surface area contributed by atoms with Crippen molar-refractivity contribution in [3.8, 4) is 11.1 Å². The van der Waals surface area contributed by atoms with Crippen molar-refractivity contribution >= 4 is 23.0 Å². The summed E-state index contributed by atoms with van der Waals surface area (Å²) in [4.78, 5) is 18.1. The third kappa shape index (κ3) is 4.52. The summed E-state index contributed by atoms with van der Waals surface area (Å²) in [5.41, 5.74) is 12.4. The van der Waals surface area contributed by atoms with E-state index in [0.717, 1.165) is 25.9 Å². The van der Waals surface area contributed by atoms with Crippen LogP contribution in [0.4, 0.5) is 17.1 Å². The van der Waals surface area contributed by atoms with Gasteiger partial charge in [0, 0.05) is 36.7 Å². The van der Waals surface area contributed by atoms with E-state index in [2.05, 4.69) is 89.0 Å². The summed E-state index contributed by atoms with van der Waals surface area (Å²) >= 11 is 0. The number of carboxylic acids is 1. The van der Waals surface area contributed by atoms with E-state index in [1.807, 2.05) is 0 Å². The van der Waals surface area contributed by atoms with Gasteiger partial charge in [0.25, 0.3) is 0 Å². The number of benzene rings is 3. The maximum absolute atomic E-state index is 11.5. The van der Waals surface area contributed by atoms with Gasteiger partial charge in [-0.3, -0.25) is 4.98 Å².